The number of oxazole rings is 1. The SMILES string of the molecule is O=C(O)c1cc(Sc2ncco2)ccn1. The van der Waals surface area contributed by atoms with E-state index >= 15 is 0 Å². The molecule has 2 rings (SSSR count). The summed E-state index contributed by atoms with van der Waals surface area (Å²) in [5.74, 6) is -1.05. The van der Waals surface area contributed by atoms with Crippen molar-refractivity contribution in [1.29, 1.82) is 0 Å². The van der Waals surface area contributed by atoms with Gasteiger partial charge in [0.25, 0.3) is 5.22 Å². The Balaban J connectivity index is 2.22. The maximum atomic E-state index is 10.6. The van der Waals surface area contributed by atoms with Gasteiger partial charge in [-0.1, -0.05) is 0 Å². The molecule has 1 N–H and O–H groups in total. The van der Waals surface area contributed by atoms with Crippen LogP contribution >= 0.6 is 11.8 Å². The molecule has 6 heteroatoms. The number of aromatic carboxylic acids is 1. The third kappa shape index (κ3) is 2.35. The van der Waals surface area contributed by atoms with E-state index in [1.807, 2.05) is 0 Å². The predicted octanol–water partition coefficient (Wildman–Crippen LogP) is 1.92. The van der Waals surface area contributed by atoms with Crippen molar-refractivity contribution in [3.63, 3.8) is 0 Å². The monoisotopic (exact) mass is 222 g/mol. The molecule has 0 saturated heterocycles. The van der Waals surface area contributed by atoms with E-state index in [9.17, 15) is 4.79 Å². The van der Waals surface area contributed by atoms with Crippen molar-refractivity contribution < 1.29 is 14.3 Å². The lowest BCUT2D eigenvalue weighted by Gasteiger charge is -1.97. The van der Waals surface area contributed by atoms with E-state index in [2.05, 4.69) is 9.97 Å². The van der Waals surface area contributed by atoms with E-state index in [1.165, 1.54) is 36.5 Å². The van der Waals surface area contributed by atoms with E-state index in [1.54, 1.807) is 6.07 Å². The van der Waals surface area contributed by atoms with E-state index in [0.717, 1.165) is 4.90 Å². The molecule has 0 amide bonds. The molecule has 76 valence electrons. The first kappa shape index (κ1) is 9.72. The van der Waals surface area contributed by atoms with Gasteiger partial charge in [0.15, 0.2) is 0 Å². The molecule has 0 aliphatic carbocycles. The highest BCUT2D eigenvalue weighted by Crippen LogP contribution is 2.25. The van der Waals surface area contributed by atoms with Gasteiger partial charge in [-0.05, 0) is 23.9 Å². The maximum Gasteiger partial charge on any atom is 0.354 e. The Morgan fingerprint density at radius 3 is 2.93 bits per heavy atom. The standard InChI is InChI=1S/C9H6N2O3S/c12-8(13)7-5-6(1-2-10-7)15-9-11-3-4-14-9/h1-5H,(H,12,13). The van der Waals surface area contributed by atoms with Crippen LogP contribution in [0, 0.1) is 0 Å². The molecular formula is C9H6N2O3S. The van der Waals surface area contributed by atoms with Gasteiger partial charge >= 0.3 is 5.97 Å². The first-order chi connectivity index (χ1) is 7.25. The second kappa shape index (κ2) is 4.14. The van der Waals surface area contributed by atoms with Crippen LogP contribution in [-0.2, 0) is 0 Å². The number of hydrogen-bond donors (Lipinski definition) is 1. The highest BCUT2D eigenvalue weighted by Gasteiger charge is 2.07. The summed E-state index contributed by atoms with van der Waals surface area (Å²) < 4.78 is 5.02. The van der Waals surface area contributed by atoms with Gasteiger partial charge in [0.2, 0.25) is 0 Å². The average molecular weight is 222 g/mol. The second-order valence-corrected chi connectivity index (χ2v) is 3.61. The highest BCUT2D eigenvalue weighted by atomic mass is 32.2. The van der Waals surface area contributed by atoms with Gasteiger partial charge in [0.1, 0.15) is 12.0 Å². The molecule has 5 nitrogen and oxygen atoms in total. The molecule has 0 bridgehead atoms. The molecule has 0 aliphatic heterocycles. The van der Waals surface area contributed by atoms with Crippen molar-refractivity contribution in [2.24, 2.45) is 0 Å². The Morgan fingerprint density at radius 1 is 1.40 bits per heavy atom. The number of aromatic nitrogens is 2. The summed E-state index contributed by atoms with van der Waals surface area (Å²) in [6.07, 6.45) is 4.43. The van der Waals surface area contributed by atoms with E-state index in [4.69, 9.17) is 9.52 Å². The van der Waals surface area contributed by atoms with Crippen LogP contribution in [-0.4, -0.2) is 21.0 Å². The zero-order valence-electron chi connectivity index (χ0n) is 7.45. The van der Waals surface area contributed by atoms with Crippen molar-refractivity contribution in [2.75, 3.05) is 0 Å². The van der Waals surface area contributed by atoms with Crippen LogP contribution in [0.3, 0.4) is 0 Å². The van der Waals surface area contributed by atoms with Gasteiger partial charge in [0.05, 0.1) is 6.20 Å². The van der Waals surface area contributed by atoms with Gasteiger partial charge < -0.3 is 9.52 Å². The van der Waals surface area contributed by atoms with Crippen LogP contribution in [0.15, 0.2) is 45.3 Å². The summed E-state index contributed by atoms with van der Waals surface area (Å²) in [6, 6.07) is 3.17. The first-order valence-corrected chi connectivity index (χ1v) is 4.84. The molecule has 0 spiro atoms. The fraction of sp³-hybridized carbons (Fsp3) is 0. The third-order valence-corrected chi connectivity index (χ3v) is 2.43. The number of carboxylic acids is 1. The number of carboxylic acid groups (broad SMARTS) is 1. The zero-order valence-corrected chi connectivity index (χ0v) is 8.27. The molecule has 0 radical (unpaired) electrons. The molecule has 0 atom stereocenters. The van der Waals surface area contributed by atoms with Gasteiger partial charge in [-0.15, -0.1) is 0 Å². The van der Waals surface area contributed by atoms with Crippen LogP contribution in [0.5, 0.6) is 0 Å². The third-order valence-electron chi connectivity index (χ3n) is 1.57. The molecule has 15 heavy (non-hydrogen) atoms. The molecule has 0 saturated carbocycles. The predicted molar refractivity (Wildman–Crippen MR) is 51.8 cm³/mol. The van der Waals surface area contributed by atoms with Crippen molar-refractivity contribution >= 4 is 17.7 Å². The maximum absolute atomic E-state index is 10.6. The number of hydrogen-bond acceptors (Lipinski definition) is 5. The van der Waals surface area contributed by atoms with Crippen molar-refractivity contribution in [3.05, 3.63) is 36.5 Å². The number of carbonyl (C=O) groups is 1. The number of nitrogens with zero attached hydrogens (tertiary/aromatic N) is 2. The van der Waals surface area contributed by atoms with Crippen LogP contribution in [0.1, 0.15) is 10.5 Å². The number of pyridine rings is 1. The van der Waals surface area contributed by atoms with E-state index < -0.39 is 5.97 Å². The second-order valence-electron chi connectivity index (χ2n) is 2.58. The molecular weight excluding hydrogens is 216 g/mol. The van der Waals surface area contributed by atoms with Crippen LogP contribution in [0.4, 0.5) is 0 Å². The largest absolute Gasteiger partial charge is 0.477 e. The van der Waals surface area contributed by atoms with Gasteiger partial charge in [0, 0.05) is 11.1 Å². The molecule has 2 heterocycles. The smallest absolute Gasteiger partial charge is 0.354 e. The lowest BCUT2D eigenvalue weighted by molar-refractivity contribution is 0.0690. The summed E-state index contributed by atoms with van der Waals surface area (Å²) in [5, 5.41) is 9.19. The lowest BCUT2D eigenvalue weighted by Crippen LogP contribution is -1.99. The molecule has 0 aliphatic rings. The minimum Gasteiger partial charge on any atom is -0.477 e. The van der Waals surface area contributed by atoms with E-state index in [-0.39, 0.29) is 5.69 Å². The van der Waals surface area contributed by atoms with Crippen molar-refractivity contribution in [3.8, 4) is 0 Å². The average Bonchev–Trinajstić information content (AvgIpc) is 2.71. The first-order valence-electron chi connectivity index (χ1n) is 4.02. The Labute approximate surface area is 89.2 Å². The minimum absolute atomic E-state index is 0.00607. The quantitative estimate of drug-likeness (QED) is 0.854. The normalized spacial score (nSPS) is 10.1. The Bertz CT molecular complexity index is 470. The van der Waals surface area contributed by atoms with Gasteiger partial charge in [-0.3, -0.25) is 0 Å². The number of rotatable bonds is 3. The summed E-state index contributed by atoms with van der Waals surface area (Å²) in [5.41, 5.74) is 0.00607. The highest BCUT2D eigenvalue weighted by molar-refractivity contribution is 7.99. The van der Waals surface area contributed by atoms with E-state index in [0.29, 0.717) is 5.22 Å². The molecule has 0 unspecified atom stereocenters. The lowest BCUT2D eigenvalue weighted by atomic mass is 10.4. The summed E-state index contributed by atoms with van der Waals surface area (Å²) in [4.78, 5) is 19.0. The summed E-state index contributed by atoms with van der Waals surface area (Å²) in [7, 11) is 0. The zero-order chi connectivity index (χ0) is 10.7. The van der Waals surface area contributed by atoms with Crippen LogP contribution < -0.4 is 0 Å². The Morgan fingerprint density at radius 2 is 2.27 bits per heavy atom. The topological polar surface area (TPSA) is 76.2 Å². The fourth-order valence-corrected chi connectivity index (χ4v) is 1.67. The summed E-state index contributed by atoms with van der Waals surface area (Å²) in [6.45, 7) is 0. The molecule has 0 fully saturated rings. The van der Waals surface area contributed by atoms with Crippen LogP contribution in [0.2, 0.25) is 0 Å². The fourth-order valence-electron chi connectivity index (χ4n) is 0.953. The Hall–Kier alpha value is -1.82. The van der Waals surface area contributed by atoms with Crippen LogP contribution in [0.25, 0.3) is 0 Å². The van der Waals surface area contributed by atoms with Crippen molar-refractivity contribution in [1.82, 2.24) is 9.97 Å². The van der Waals surface area contributed by atoms with Gasteiger partial charge in [-0.2, -0.15) is 0 Å². The van der Waals surface area contributed by atoms with Crippen molar-refractivity contribution in [2.45, 2.75) is 10.1 Å². The Kier molecular flexibility index (Phi) is 2.68. The summed E-state index contributed by atoms with van der Waals surface area (Å²) >= 11 is 1.24. The molecule has 2 aromatic heterocycles. The minimum atomic E-state index is -1.05. The molecule has 0 aromatic carbocycles. The van der Waals surface area contributed by atoms with Gasteiger partial charge in [-0.25, -0.2) is 14.8 Å². The molecule has 2 aromatic rings.